The highest BCUT2D eigenvalue weighted by atomic mass is 19.2. The summed E-state index contributed by atoms with van der Waals surface area (Å²) in [7, 11) is 0. The summed E-state index contributed by atoms with van der Waals surface area (Å²) >= 11 is 0. The average Bonchev–Trinajstić information content (AvgIpc) is 2.89. The second-order valence-corrected chi connectivity index (χ2v) is 4.32. The molecule has 4 nitrogen and oxygen atoms in total. The molecule has 20 heavy (non-hydrogen) atoms. The number of nitrogens with one attached hydrogen (secondary N) is 1. The van der Waals surface area contributed by atoms with E-state index in [1.165, 1.54) is 6.33 Å². The molecule has 0 saturated heterocycles. The molecule has 2 aromatic rings. The van der Waals surface area contributed by atoms with E-state index in [0.717, 1.165) is 17.8 Å². The van der Waals surface area contributed by atoms with Gasteiger partial charge in [0.2, 0.25) is 0 Å². The number of benzene rings is 1. The van der Waals surface area contributed by atoms with Crippen LogP contribution in [0.4, 0.5) is 19.0 Å². The highest BCUT2D eigenvalue weighted by Crippen LogP contribution is 2.18. The Bertz CT molecular complexity index is 695. The molecule has 102 valence electrons. The Morgan fingerprint density at radius 3 is 2.70 bits per heavy atom. The van der Waals surface area contributed by atoms with Crippen LogP contribution in [0.25, 0.3) is 0 Å². The van der Waals surface area contributed by atoms with Gasteiger partial charge in [0.05, 0.1) is 30.5 Å². The summed E-state index contributed by atoms with van der Waals surface area (Å²) in [6.45, 7) is 0.0545. The summed E-state index contributed by atoms with van der Waals surface area (Å²) in [5.74, 6) is -3.28. The lowest BCUT2D eigenvalue weighted by molar-refractivity contribution is 0.445. The van der Waals surface area contributed by atoms with E-state index in [4.69, 9.17) is 0 Å². The largest absolute Gasteiger partial charge is 0.346 e. The van der Waals surface area contributed by atoms with E-state index in [1.54, 1.807) is 6.21 Å². The molecule has 3 rings (SSSR count). The molecule has 1 aliphatic rings. The highest BCUT2D eigenvalue weighted by molar-refractivity contribution is 6.32. The Labute approximate surface area is 112 Å². The van der Waals surface area contributed by atoms with Gasteiger partial charge in [-0.3, -0.25) is 4.99 Å². The van der Waals surface area contributed by atoms with Crippen LogP contribution in [0.3, 0.4) is 0 Å². The molecule has 7 heteroatoms. The van der Waals surface area contributed by atoms with Crippen molar-refractivity contribution in [1.29, 1.82) is 0 Å². The predicted octanol–water partition coefficient (Wildman–Crippen LogP) is 2.73. The van der Waals surface area contributed by atoms with Gasteiger partial charge in [0, 0.05) is 6.42 Å². The summed E-state index contributed by atoms with van der Waals surface area (Å²) in [5, 5.41) is 0. The van der Waals surface area contributed by atoms with Gasteiger partial charge >= 0.3 is 0 Å². The minimum Gasteiger partial charge on any atom is -0.346 e. The van der Waals surface area contributed by atoms with Crippen molar-refractivity contribution in [3.05, 3.63) is 47.2 Å². The third-order valence-corrected chi connectivity index (χ3v) is 2.90. The van der Waals surface area contributed by atoms with Gasteiger partial charge in [0.25, 0.3) is 0 Å². The van der Waals surface area contributed by atoms with Crippen molar-refractivity contribution in [3.8, 4) is 0 Å². The van der Waals surface area contributed by atoms with Gasteiger partial charge < -0.3 is 4.98 Å². The standard InChI is InChI=1S/C13H9F3N4/c14-9-1-7(2-10(15)12(9)16)4-17-8-3-11-13(18-5-8)20-6-19-11/h1-2,5-6H,3-4H2,(H,19,20). The van der Waals surface area contributed by atoms with E-state index in [0.29, 0.717) is 18.0 Å². The van der Waals surface area contributed by atoms with Gasteiger partial charge in [-0.15, -0.1) is 0 Å². The minimum atomic E-state index is -1.47. The molecule has 1 N–H and O–H groups in total. The van der Waals surface area contributed by atoms with Crippen molar-refractivity contribution in [1.82, 2.24) is 9.97 Å². The predicted molar refractivity (Wildman–Crippen MR) is 67.9 cm³/mol. The number of hydrogen-bond donors (Lipinski definition) is 1. The number of H-pyrrole nitrogens is 1. The van der Waals surface area contributed by atoms with E-state index in [2.05, 4.69) is 20.0 Å². The molecule has 0 saturated carbocycles. The summed E-state index contributed by atoms with van der Waals surface area (Å²) < 4.78 is 38.9. The number of imidazole rings is 1. The lowest BCUT2D eigenvalue weighted by Gasteiger charge is -2.06. The van der Waals surface area contributed by atoms with Crippen LogP contribution in [0.5, 0.6) is 0 Å². The third kappa shape index (κ3) is 2.34. The molecule has 0 amide bonds. The van der Waals surface area contributed by atoms with Crippen molar-refractivity contribution in [2.45, 2.75) is 13.0 Å². The number of aromatic amines is 1. The molecule has 0 unspecified atom stereocenters. The van der Waals surface area contributed by atoms with E-state index < -0.39 is 17.5 Å². The maximum absolute atomic E-state index is 13.1. The van der Waals surface area contributed by atoms with Gasteiger partial charge in [-0.05, 0) is 17.7 Å². The quantitative estimate of drug-likeness (QED) is 0.844. The lowest BCUT2D eigenvalue weighted by atomic mass is 10.1. The zero-order valence-electron chi connectivity index (χ0n) is 10.2. The van der Waals surface area contributed by atoms with E-state index in [-0.39, 0.29) is 12.1 Å². The van der Waals surface area contributed by atoms with Crippen LogP contribution in [0.2, 0.25) is 0 Å². The molecule has 2 heterocycles. The van der Waals surface area contributed by atoms with Crippen LogP contribution in [-0.4, -0.2) is 21.9 Å². The Hall–Kier alpha value is -2.44. The summed E-state index contributed by atoms with van der Waals surface area (Å²) in [6.07, 6.45) is 3.61. The van der Waals surface area contributed by atoms with Gasteiger partial charge in [-0.25, -0.2) is 23.1 Å². The molecule has 1 aromatic carbocycles. The Morgan fingerprint density at radius 2 is 1.95 bits per heavy atom. The zero-order valence-corrected chi connectivity index (χ0v) is 10.2. The van der Waals surface area contributed by atoms with Crippen molar-refractivity contribution < 1.29 is 13.2 Å². The maximum Gasteiger partial charge on any atom is 0.194 e. The summed E-state index contributed by atoms with van der Waals surface area (Å²) in [6, 6.07) is 1.87. The Balaban J connectivity index is 1.78. The topological polar surface area (TPSA) is 53.4 Å². The molecule has 1 aliphatic heterocycles. The number of aromatic nitrogens is 2. The lowest BCUT2D eigenvalue weighted by Crippen LogP contribution is -2.10. The van der Waals surface area contributed by atoms with Crippen LogP contribution in [0.15, 0.2) is 28.4 Å². The van der Waals surface area contributed by atoms with Crippen molar-refractivity contribution >= 4 is 17.7 Å². The highest BCUT2D eigenvalue weighted by Gasteiger charge is 2.13. The van der Waals surface area contributed by atoms with Crippen molar-refractivity contribution in [2.24, 2.45) is 9.98 Å². The fourth-order valence-electron chi connectivity index (χ4n) is 1.91. The summed E-state index contributed by atoms with van der Waals surface area (Å²) in [5.41, 5.74) is 1.76. The molecule has 0 atom stereocenters. The van der Waals surface area contributed by atoms with E-state index in [9.17, 15) is 13.2 Å². The van der Waals surface area contributed by atoms with Gasteiger partial charge in [0.1, 0.15) is 0 Å². The zero-order chi connectivity index (χ0) is 14.1. The smallest absolute Gasteiger partial charge is 0.194 e. The molecule has 0 bridgehead atoms. The summed E-state index contributed by atoms with van der Waals surface area (Å²) in [4.78, 5) is 15.2. The molecule has 1 aromatic heterocycles. The maximum atomic E-state index is 13.1. The first-order chi connectivity index (χ1) is 9.63. The molecule has 0 fully saturated rings. The monoisotopic (exact) mass is 278 g/mol. The Morgan fingerprint density at radius 1 is 1.20 bits per heavy atom. The molecule has 0 aliphatic carbocycles. The normalized spacial score (nSPS) is 15.7. The SMILES string of the molecule is Fc1cc(CN=C2C=Nc3nc[nH]c3C2)cc(F)c1F. The van der Waals surface area contributed by atoms with E-state index >= 15 is 0 Å². The number of fused-ring (bicyclic) bond motifs is 1. The second kappa shape index (κ2) is 4.92. The number of halogens is 3. The van der Waals surface area contributed by atoms with Crippen LogP contribution in [-0.2, 0) is 13.0 Å². The van der Waals surface area contributed by atoms with Gasteiger partial charge in [-0.1, -0.05) is 0 Å². The second-order valence-electron chi connectivity index (χ2n) is 4.32. The number of nitrogens with zero attached hydrogens (tertiary/aromatic N) is 3. The molecule has 0 radical (unpaired) electrons. The Kier molecular flexibility index (Phi) is 3.09. The van der Waals surface area contributed by atoms with Crippen molar-refractivity contribution in [3.63, 3.8) is 0 Å². The van der Waals surface area contributed by atoms with Crippen LogP contribution >= 0.6 is 0 Å². The first-order valence-electron chi connectivity index (χ1n) is 5.86. The van der Waals surface area contributed by atoms with Crippen LogP contribution in [0.1, 0.15) is 11.3 Å². The van der Waals surface area contributed by atoms with Gasteiger partial charge in [0.15, 0.2) is 23.3 Å². The average molecular weight is 278 g/mol. The van der Waals surface area contributed by atoms with E-state index in [1.807, 2.05) is 0 Å². The first kappa shape index (κ1) is 12.6. The molecular formula is C13H9F3N4. The van der Waals surface area contributed by atoms with Crippen LogP contribution < -0.4 is 0 Å². The molecule has 0 spiro atoms. The molecular weight excluding hydrogens is 269 g/mol. The number of aliphatic imine (C=N–C) groups is 2. The first-order valence-corrected chi connectivity index (χ1v) is 5.86. The fourth-order valence-corrected chi connectivity index (χ4v) is 1.91. The van der Waals surface area contributed by atoms with Gasteiger partial charge in [-0.2, -0.15) is 0 Å². The number of hydrogen-bond acceptors (Lipinski definition) is 3. The van der Waals surface area contributed by atoms with Crippen molar-refractivity contribution in [2.75, 3.05) is 0 Å². The third-order valence-electron chi connectivity index (χ3n) is 2.90. The minimum absolute atomic E-state index is 0.0545. The van der Waals surface area contributed by atoms with Crippen LogP contribution in [0, 0.1) is 17.5 Å². The number of rotatable bonds is 2. The fraction of sp³-hybridized carbons (Fsp3) is 0.154.